The fourth-order valence-corrected chi connectivity index (χ4v) is 3.83. The first-order valence-electron chi connectivity index (χ1n) is 9.71. The van der Waals surface area contributed by atoms with Crippen molar-refractivity contribution < 1.29 is 9.31 Å². The van der Waals surface area contributed by atoms with Crippen LogP contribution in [-0.2, 0) is 0 Å². The quantitative estimate of drug-likeness (QED) is 0.262. The maximum absolute atomic E-state index is 6.21. The Labute approximate surface area is 170 Å². The Hall–Kier alpha value is -3.72. The third kappa shape index (κ3) is 3.32. The first-order valence-corrected chi connectivity index (χ1v) is 9.71. The zero-order valence-corrected chi connectivity index (χ0v) is 15.9. The van der Waals surface area contributed by atoms with E-state index in [0.29, 0.717) is 0 Å². The summed E-state index contributed by atoms with van der Waals surface area (Å²) in [5.74, 6) is 1.65. The molecule has 3 heteroatoms. The van der Waals surface area contributed by atoms with E-state index in [1.165, 1.54) is 21.9 Å². The standard InChI is InChI=1S/C26H19BO2/c1-3-11-19(12-4-1)25-21-15-7-9-17-23(21)26(24-18-10-8-16-22(24)25)29-27-28-20-13-5-2-6-14-20/h1-18,27H. The zero-order valence-electron chi connectivity index (χ0n) is 15.9. The van der Waals surface area contributed by atoms with E-state index in [1.54, 1.807) is 0 Å². The molecule has 0 unspecified atom stereocenters. The summed E-state index contributed by atoms with van der Waals surface area (Å²) in [6.07, 6.45) is 0. The Kier molecular flexibility index (Phi) is 4.63. The van der Waals surface area contributed by atoms with Crippen LogP contribution in [0.3, 0.4) is 0 Å². The van der Waals surface area contributed by atoms with Crippen molar-refractivity contribution in [3.8, 4) is 22.6 Å². The van der Waals surface area contributed by atoms with Gasteiger partial charge in [-0.25, -0.2) is 0 Å². The Morgan fingerprint density at radius 3 is 1.52 bits per heavy atom. The SMILES string of the molecule is B(Oc1ccccc1)Oc1c2ccccc2c(-c2ccccc2)c2ccccc12. The van der Waals surface area contributed by atoms with Crippen molar-refractivity contribution in [1.29, 1.82) is 0 Å². The van der Waals surface area contributed by atoms with Gasteiger partial charge in [-0.2, -0.15) is 0 Å². The Morgan fingerprint density at radius 1 is 0.448 bits per heavy atom. The number of para-hydroxylation sites is 1. The van der Waals surface area contributed by atoms with Crippen molar-refractivity contribution in [1.82, 2.24) is 0 Å². The minimum Gasteiger partial charge on any atom is -0.529 e. The van der Waals surface area contributed by atoms with Gasteiger partial charge in [0.15, 0.2) is 0 Å². The summed E-state index contributed by atoms with van der Waals surface area (Å²) in [6.45, 7) is 0. The Balaban J connectivity index is 1.66. The van der Waals surface area contributed by atoms with Crippen LogP contribution in [0.25, 0.3) is 32.7 Å². The van der Waals surface area contributed by atoms with E-state index in [2.05, 4.69) is 72.8 Å². The van der Waals surface area contributed by atoms with E-state index >= 15 is 0 Å². The lowest BCUT2D eigenvalue weighted by atomic mass is 9.91. The molecule has 5 rings (SSSR count). The fourth-order valence-electron chi connectivity index (χ4n) is 3.83. The van der Waals surface area contributed by atoms with Gasteiger partial charge < -0.3 is 9.31 Å². The van der Waals surface area contributed by atoms with Crippen molar-refractivity contribution in [2.45, 2.75) is 0 Å². The van der Waals surface area contributed by atoms with E-state index < -0.39 is 0 Å². The normalized spacial score (nSPS) is 10.8. The molecule has 5 aromatic rings. The van der Waals surface area contributed by atoms with E-state index in [4.69, 9.17) is 9.31 Å². The monoisotopic (exact) mass is 374 g/mol. The van der Waals surface area contributed by atoms with Crippen LogP contribution in [0.5, 0.6) is 11.5 Å². The molecule has 0 aromatic heterocycles. The highest BCUT2D eigenvalue weighted by Crippen LogP contribution is 2.42. The lowest BCUT2D eigenvalue weighted by Crippen LogP contribution is -2.11. The zero-order chi connectivity index (χ0) is 19.5. The highest BCUT2D eigenvalue weighted by atomic mass is 16.6. The minimum atomic E-state index is 0.155. The van der Waals surface area contributed by atoms with Gasteiger partial charge in [-0.05, 0) is 34.0 Å². The number of hydrogen-bond acceptors (Lipinski definition) is 2. The largest absolute Gasteiger partial charge is 0.576 e. The molecule has 0 atom stereocenters. The highest BCUT2D eigenvalue weighted by molar-refractivity contribution is 6.24. The third-order valence-electron chi connectivity index (χ3n) is 5.12. The average Bonchev–Trinajstić information content (AvgIpc) is 2.80. The van der Waals surface area contributed by atoms with Crippen LogP contribution < -0.4 is 9.31 Å². The van der Waals surface area contributed by atoms with Crippen LogP contribution >= 0.6 is 0 Å². The molecule has 0 aliphatic rings. The van der Waals surface area contributed by atoms with Gasteiger partial charge in [0.1, 0.15) is 11.5 Å². The van der Waals surface area contributed by atoms with Gasteiger partial charge in [0, 0.05) is 10.8 Å². The number of hydrogen-bond donors (Lipinski definition) is 0. The molecule has 5 aromatic carbocycles. The van der Waals surface area contributed by atoms with Crippen molar-refractivity contribution in [2.75, 3.05) is 0 Å². The molecule has 0 saturated carbocycles. The highest BCUT2D eigenvalue weighted by Gasteiger charge is 2.16. The van der Waals surface area contributed by atoms with Gasteiger partial charge in [0.25, 0.3) is 0 Å². The molecular weight excluding hydrogens is 355 g/mol. The third-order valence-corrected chi connectivity index (χ3v) is 5.12. The van der Waals surface area contributed by atoms with Crippen LogP contribution in [0.2, 0.25) is 0 Å². The molecule has 0 amide bonds. The molecule has 0 aliphatic heterocycles. The molecule has 0 heterocycles. The predicted molar refractivity (Wildman–Crippen MR) is 122 cm³/mol. The van der Waals surface area contributed by atoms with Crippen molar-refractivity contribution in [2.24, 2.45) is 0 Å². The van der Waals surface area contributed by atoms with Crippen LogP contribution in [0.4, 0.5) is 0 Å². The van der Waals surface area contributed by atoms with Gasteiger partial charge in [-0.3, -0.25) is 0 Å². The molecule has 138 valence electrons. The maximum Gasteiger partial charge on any atom is 0.576 e. The molecule has 0 saturated heterocycles. The van der Waals surface area contributed by atoms with Crippen LogP contribution in [-0.4, -0.2) is 7.69 Å². The van der Waals surface area contributed by atoms with E-state index in [-0.39, 0.29) is 7.69 Å². The summed E-state index contributed by atoms with van der Waals surface area (Å²) in [6, 6.07) is 37.1. The summed E-state index contributed by atoms with van der Waals surface area (Å²) in [5, 5.41) is 4.52. The molecule has 0 fully saturated rings. The summed E-state index contributed by atoms with van der Waals surface area (Å²) < 4.78 is 12.0. The smallest absolute Gasteiger partial charge is 0.529 e. The second-order valence-electron chi connectivity index (χ2n) is 6.88. The minimum absolute atomic E-state index is 0.155. The van der Waals surface area contributed by atoms with E-state index in [0.717, 1.165) is 22.3 Å². The van der Waals surface area contributed by atoms with Gasteiger partial charge in [-0.1, -0.05) is 97.1 Å². The molecular formula is C26H19BO2. The molecule has 29 heavy (non-hydrogen) atoms. The Bertz CT molecular complexity index is 1210. The first kappa shape index (κ1) is 17.4. The topological polar surface area (TPSA) is 18.5 Å². The van der Waals surface area contributed by atoms with Crippen LogP contribution in [0.1, 0.15) is 0 Å². The van der Waals surface area contributed by atoms with Crippen molar-refractivity contribution >= 4 is 29.2 Å². The Morgan fingerprint density at radius 2 is 0.931 bits per heavy atom. The predicted octanol–water partition coefficient (Wildman–Crippen LogP) is 6.38. The van der Waals surface area contributed by atoms with Gasteiger partial charge >= 0.3 is 7.69 Å². The molecule has 0 aliphatic carbocycles. The molecule has 0 N–H and O–H groups in total. The lowest BCUT2D eigenvalue weighted by Gasteiger charge is -2.17. The fraction of sp³-hybridized carbons (Fsp3) is 0. The van der Waals surface area contributed by atoms with Gasteiger partial charge in [0.2, 0.25) is 0 Å². The average molecular weight is 374 g/mol. The number of rotatable bonds is 5. The second-order valence-corrected chi connectivity index (χ2v) is 6.88. The summed E-state index contributed by atoms with van der Waals surface area (Å²) >= 11 is 0. The number of fused-ring (bicyclic) bond motifs is 2. The van der Waals surface area contributed by atoms with Gasteiger partial charge in [0.05, 0.1) is 0 Å². The van der Waals surface area contributed by atoms with Crippen molar-refractivity contribution in [3.05, 3.63) is 109 Å². The summed E-state index contributed by atoms with van der Waals surface area (Å²) in [5.41, 5.74) is 2.43. The summed E-state index contributed by atoms with van der Waals surface area (Å²) in [7, 11) is 0.155. The van der Waals surface area contributed by atoms with Crippen molar-refractivity contribution in [3.63, 3.8) is 0 Å². The number of benzene rings is 5. The maximum atomic E-state index is 6.21. The first-order chi connectivity index (χ1) is 14.4. The van der Waals surface area contributed by atoms with Crippen LogP contribution in [0, 0.1) is 0 Å². The summed E-state index contributed by atoms with van der Waals surface area (Å²) in [4.78, 5) is 0. The van der Waals surface area contributed by atoms with Crippen LogP contribution in [0.15, 0.2) is 109 Å². The van der Waals surface area contributed by atoms with E-state index in [1.807, 2.05) is 36.4 Å². The molecule has 0 bridgehead atoms. The van der Waals surface area contributed by atoms with E-state index in [9.17, 15) is 0 Å². The molecule has 0 spiro atoms. The lowest BCUT2D eigenvalue weighted by molar-refractivity contribution is 0.464. The molecule has 0 radical (unpaired) electrons. The van der Waals surface area contributed by atoms with Gasteiger partial charge in [-0.15, -0.1) is 0 Å². The molecule has 2 nitrogen and oxygen atoms in total. The second kappa shape index (κ2) is 7.73.